The highest BCUT2D eigenvalue weighted by Gasteiger charge is 2.30. The van der Waals surface area contributed by atoms with Crippen LogP contribution in [0.25, 0.3) is 0 Å². The first-order chi connectivity index (χ1) is 14.0. The van der Waals surface area contributed by atoms with Gasteiger partial charge in [-0.25, -0.2) is 4.99 Å². The molecule has 0 aromatic heterocycles. The summed E-state index contributed by atoms with van der Waals surface area (Å²) in [6.45, 7) is 6.38. The Hall–Kier alpha value is -2.83. The van der Waals surface area contributed by atoms with Crippen LogP contribution in [0.3, 0.4) is 0 Å². The van der Waals surface area contributed by atoms with Crippen LogP contribution in [0, 0.1) is 6.92 Å². The summed E-state index contributed by atoms with van der Waals surface area (Å²) in [5.74, 6) is 1.77. The molecule has 0 radical (unpaired) electrons. The number of ether oxygens (including phenoxy) is 1. The zero-order valence-electron chi connectivity index (χ0n) is 17.3. The van der Waals surface area contributed by atoms with Gasteiger partial charge in [-0.1, -0.05) is 48.0 Å². The second kappa shape index (κ2) is 8.27. The minimum absolute atomic E-state index is 0.0368. The van der Waals surface area contributed by atoms with E-state index in [1.807, 2.05) is 13.1 Å². The molecule has 4 rings (SSSR count). The summed E-state index contributed by atoms with van der Waals surface area (Å²) in [6, 6.07) is 18.7. The molecule has 2 atom stereocenters. The van der Waals surface area contributed by atoms with E-state index in [-0.39, 0.29) is 6.10 Å². The summed E-state index contributed by atoms with van der Waals surface area (Å²) in [5, 5.41) is 10.3. The van der Waals surface area contributed by atoms with Crippen LogP contribution >= 0.6 is 0 Å². The highest BCUT2D eigenvalue weighted by molar-refractivity contribution is 5.84. The van der Waals surface area contributed by atoms with Crippen molar-refractivity contribution in [2.24, 2.45) is 4.99 Å². The second-order valence-electron chi connectivity index (χ2n) is 7.72. The number of nitrogens with zero attached hydrogens (tertiary/aromatic N) is 2. The number of anilines is 1. The van der Waals surface area contributed by atoms with Crippen LogP contribution in [0.4, 0.5) is 5.69 Å². The number of guanidine groups is 1. The van der Waals surface area contributed by atoms with Crippen molar-refractivity contribution in [2.75, 3.05) is 32.1 Å². The molecule has 2 unspecified atom stereocenters. The van der Waals surface area contributed by atoms with E-state index in [9.17, 15) is 0 Å². The van der Waals surface area contributed by atoms with Crippen LogP contribution in [0.15, 0.2) is 71.5 Å². The molecule has 6 heteroatoms. The lowest BCUT2D eigenvalue weighted by molar-refractivity contribution is -0.00814. The summed E-state index contributed by atoms with van der Waals surface area (Å²) in [6.07, 6.45) is 2.11. The highest BCUT2D eigenvalue weighted by atomic mass is 16.5. The largest absolute Gasteiger partial charge is 0.370 e. The van der Waals surface area contributed by atoms with Gasteiger partial charge in [0.05, 0.1) is 13.2 Å². The third kappa shape index (κ3) is 4.60. The lowest BCUT2D eigenvalue weighted by Gasteiger charge is -2.39. The second-order valence-corrected chi connectivity index (χ2v) is 7.72. The van der Waals surface area contributed by atoms with Crippen molar-refractivity contribution in [2.45, 2.75) is 25.6 Å². The van der Waals surface area contributed by atoms with E-state index in [0.29, 0.717) is 6.61 Å². The molecule has 0 saturated carbocycles. The van der Waals surface area contributed by atoms with Crippen molar-refractivity contribution < 1.29 is 4.74 Å². The van der Waals surface area contributed by atoms with Crippen LogP contribution in [0.1, 0.15) is 24.2 Å². The molecule has 2 aliphatic heterocycles. The highest BCUT2D eigenvalue weighted by Crippen LogP contribution is 2.24. The monoisotopic (exact) mass is 391 g/mol. The van der Waals surface area contributed by atoms with Crippen molar-refractivity contribution in [3.8, 4) is 0 Å². The van der Waals surface area contributed by atoms with Crippen LogP contribution in [0.5, 0.6) is 0 Å². The van der Waals surface area contributed by atoms with Gasteiger partial charge in [-0.15, -0.1) is 0 Å². The van der Waals surface area contributed by atoms with Crippen molar-refractivity contribution in [1.29, 1.82) is 0 Å². The summed E-state index contributed by atoms with van der Waals surface area (Å²) >= 11 is 0. The standard InChI is InChI=1S/C23H29N5O/c1-17-9-11-19(12-10-17)25-21-15-23(2,24-3)27-22(26-21)28-13-14-29-20(16-28)18-7-5-4-6-8-18/h4-12,15,20,24-25H,13-14,16H2,1-3H3,(H,26,27). The van der Waals surface area contributed by atoms with Gasteiger partial charge in [-0.05, 0) is 44.7 Å². The molecule has 152 valence electrons. The third-order valence-corrected chi connectivity index (χ3v) is 5.38. The molecule has 0 aliphatic carbocycles. The van der Waals surface area contributed by atoms with Crippen LogP contribution in [-0.4, -0.2) is 43.3 Å². The summed E-state index contributed by atoms with van der Waals surface area (Å²) in [5.41, 5.74) is 2.98. The number of hydrogen-bond donors (Lipinski definition) is 3. The lowest BCUT2D eigenvalue weighted by atomic mass is 10.1. The number of hydrogen-bond acceptors (Lipinski definition) is 6. The van der Waals surface area contributed by atoms with Crippen LogP contribution in [-0.2, 0) is 4.74 Å². The molecular formula is C23H29N5O. The predicted octanol–water partition coefficient (Wildman–Crippen LogP) is 3.22. The fraction of sp³-hybridized carbons (Fsp3) is 0.348. The van der Waals surface area contributed by atoms with Crippen molar-refractivity contribution >= 4 is 11.6 Å². The molecule has 0 bridgehead atoms. The maximum Gasteiger partial charge on any atom is 0.201 e. The number of aryl methyl sites for hydroxylation is 1. The van der Waals surface area contributed by atoms with Gasteiger partial charge in [0.25, 0.3) is 0 Å². The topological polar surface area (TPSA) is 60.9 Å². The molecule has 3 N–H and O–H groups in total. The zero-order valence-corrected chi connectivity index (χ0v) is 17.3. The zero-order chi connectivity index (χ0) is 20.3. The maximum atomic E-state index is 6.03. The number of aliphatic imine (C=N–C) groups is 1. The Balaban J connectivity index is 1.52. The fourth-order valence-corrected chi connectivity index (χ4v) is 3.57. The Kier molecular flexibility index (Phi) is 5.56. The first-order valence-corrected chi connectivity index (χ1v) is 10.1. The number of nitrogens with one attached hydrogen (secondary N) is 3. The van der Waals surface area contributed by atoms with Gasteiger partial charge >= 0.3 is 0 Å². The Morgan fingerprint density at radius 3 is 2.62 bits per heavy atom. The molecule has 2 aromatic carbocycles. The van der Waals surface area contributed by atoms with Crippen molar-refractivity contribution in [3.63, 3.8) is 0 Å². The summed E-state index contributed by atoms with van der Waals surface area (Å²) < 4.78 is 6.03. The molecule has 1 fully saturated rings. The van der Waals surface area contributed by atoms with E-state index < -0.39 is 5.66 Å². The number of likely N-dealkylation sites (N-methyl/N-ethyl adjacent to an activating group) is 1. The Bertz CT molecular complexity index is 893. The molecule has 2 aromatic rings. The van der Waals surface area contributed by atoms with Gasteiger partial charge in [-0.3, -0.25) is 5.32 Å². The third-order valence-electron chi connectivity index (χ3n) is 5.38. The van der Waals surface area contributed by atoms with Crippen LogP contribution in [0.2, 0.25) is 0 Å². The molecule has 2 aliphatic rings. The van der Waals surface area contributed by atoms with Gasteiger partial charge in [0.1, 0.15) is 17.6 Å². The Morgan fingerprint density at radius 2 is 1.90 bits per heavy atom. The molecular weight excluding hydrogens is 362 g/mol. The normalized spacial score (nSPS) is 24.4. The average Bonchev–Trinajstić information content (AvgIpc) is 2.76. The van der Waals surface area contributed by atoms with Gasteiger partial charge in [0.15, 0.2) is 0 Å². The smallest absolute Gasteiger partial charge is 0.201 e. The summed E-state index contributed by atoms with van der Waals surface area (Å²) in [7, 11) is 1.93. The number of morpholine rings is 1. The first-order valence-electron chi connectivity index (χ1n) is 10.1. The quantitative estimate of drug-likeness (QED) is 0.747. The van der Waals surface area contributed by atoms with Crippen LogP contribution < -0.4 is 16.0 Å². The van der Waals surface area contributed by atoms with E-state index in [1.54, 1.807) is 0 Å². The Morgan fingerprint density at radius 1 is 1.14 bits per heavy atom. The molecule has 0 amide bonds. The minimum Gasteiger partial charge on any atom is -0.370 e. The fourth-order valence-electron chi connectivity index (χ4n) is 3.57. The van der Waals surface area contributed by atoms with E-state index in [0.717, 1.165) is 30.6 Å². The Labute approximate surface area is 172 Å². The SMILES string of the molecule is CNC1(C)C=C(Nc2ccc(C)cc2)NC(N2CCOC(c3ccccc3)C2)=N1. The number of rotatable bonds is 4. The summed E-state index contributed by atoms with van der Waals surface area (Å²) in [4.78, 5) is 7.20. The van der Waals surface area contributed by atoms with E-state index in [2.05, 4.69) is 89.3 Å². The molecule has 0 spiro atoms. The first kappa shape index (κ1) is 19.5. The van der Waals surface area contributed by atoms with Gasteiger partial charge in [0.2, 0.25) is 5.96 Å². The molecule has 29 heavy (non-hydrogen) atoms. The molecule has 1 saturated heterocycles. The van der Waals surface area contributed by atoms with Gasteiger partial charge in [-0.2, -0.15) is 0 Å². The maximum absolute atomic E-state index is 6.03. The van der Waals surface area contributed by atoms with Crippen molar-refractivity contribution in [3.05, 3.63) is 77.6 Å². The molecule has 2 heterocycles. The lowest BCUT2D eigenvalue weighted by Crippen LogP contribution is -2.53. The van der Waals surface area contributed by atoms with E-state index in [1.165, 1.54) is 11.1 Å². The van der Waals surface area contributed by atoms with E-state index in [4.69, 9.17) is 9.73 Å². The number of benzene rings is 2. The minimum atomic E-state index is -0.492. The van der Waals surface area contributed by atoms with E-state index >= 15 is 0 Å². The molecule has 6 nitrogen and oxygen atoms in total. The predicted molar refractivity (Wildman–Crippen MR) is 118 cm³/mol. The average molecular weight is 392 g/mol. The van der Waals surface area contributed by atoms with Gasteiger partial charge in [0, 0.05) is 12.2 Å². The van der Waals surface area contributed by atoms with Crippen molar-refractivity contribution in [1.82, 2.24) is 15.5 Å². The van der Waals surface area contributed by atoms with Gasteiger partial charge < -0.3 is 20.3 Å².